The van der Waals surface area contributed by atoms with Gasteiger partial charge in [0.15, 0.2) is 5.13 Å². The van der Waals surface area contributed by atoms with Crippen LogP contribution in [-0.2, 0) is 6.42 Å². The Morgan fingerprint density at radius 1 is 1.16 bits per heavy atom. The molecule has 0 aliphatic rings. The first-order valence-electron chi connectivity index (χ1n) is 5.94. The van der Waals surface area contributed by atoms with Gasteiger partial charge in [0, 0.05) is 11.8 Å². The maximum absolute atomic E-state index is 5.69. The molecule has 5 heteroatoms. The SMILES string of the molecule is Cc1nc(Cc2ccccc2)sc1-c1csc(N)n1. The zero-order valence-corrected chi connectivity index (χ0v) is 12.1. The average molecular weight is 287 g/mol. The lowest BCUT2D eigenvalue weighted by atomic mass is 10.2. The molecule has 96 valence electrons. The molecular formula is C14H13N3S2. The van der Waals surface area contributed by atoms with Gasteiger partial charge in [-0.3, -0.25) is 0 Å². The molecule has 3 aromatic rings. The maximum atomic E-state index is 5.69. The molecule has 0 saturated carbocycles. The third-order valence-corrected chi connectivity index (χ3v) is 4.65. The fraction of sp³-hybridized carbons (Fsp3) is 0.143. The number of anilines is 1. The number of hydrogen-bond donors (Lipinski definition) is 1. The maximum Gasteiger partial charge on any atom is 0.180 e. The van der Waals surface area contributed by atoms with Crippen molar-refractivity contribution in [1.29, 1.82) is 0 Å². The van der Waals surface area contributed by atoms with E-state index in [9.17, 15) is 0 Å². The van der Waals surface area contributed by atoms with Crippen LogP contribution in [0.25, 0.3) is 10.6 Å². The summed E-state index contributed by atoms with van der Waals surface area (Å²) in [5, 5.41) is 3.71. The van der Waals surface area contributed by atoms with E-state index in [4.69, 9.17) is 5.73 Å². The molecule has 2 heterocycles. The highest BCUT2D eigenvalue weighted by atomic mass is 32.1. The van der Waals surface area contributed by atoms with Gasteiger partial charge in [0.25, 0.3) is 0 Å². The van der Waals surface area contributed by atoms with E-state index in [0.29, 0.717) is 5.13 Å². The fourth-order valence-corrected chi connectivity index (χ4v) is 3.62. The van der Waals surface area contributed by atoms with Gasteiger partial charge in [-0.2, -0.15) is 0 Å². The summed E-state index contributed by atoms with van der Waals surface area (Å²) < 4.78 is 0. The Morgan fingerprint density at radius 3 is 2.63 bits per heavy atom. The number of nitrogens with zero attached hydrogens (tertiary/aromatic N) is 2. The molecule has 19 heavy (non-hydrogen) atoms. The third-order valence-electron chi connectivity index (χ3n) is 2.79. The molecule has 2 aromatic heterocycles. The van der Waals surface area contributed by atoms with E-state index < -0.39 is 0 Å². The van der Waals surface area contributed by atoms with Crippen LogP contribution in [0.4, 0.5) is 5.13 Å². The van der Waals surface area contributed by atoms with Crippen molar-refractivity contribution in [3.63, 3.8) is 0 Å². The van der Waals surface area contributed by atoms with Crippen molar-refractivity contribution in [2.24, 2.45) is 0 Å². The van der Waals surface area contributed by atoms with Gasteiger partial charge < -0.3 is 5.73 Å². The molecule has 0 bridgehead atoms. The van der Waals surface area contributed by atoms with Crippen molar-refractivity contribution < 1.29 is 0 Å². The fourth-order valence-electron chi connectivity index (χ4n) is 1.93. The summed E-state index contributed by atoms with van der Waals surface area (Å²) in [6.07, 6.45) is 0.867. The van der Waals surface area contributed by atoms with Gasteiger partial charge in [0.2, 0.25) is 0 Å². The second kappa shape index (κ2) is 5.11. The summed E-state index contributed by atoms with van der Waals surface area (Å²) in [6, 6.07) is 10.4. The van der Waals surface area contributed by atoms with E-state index in [-0.39, 0.29) is 0 Å². The molecular weight excluding hydrogens is 274 g/mol. The Kier molecular flexibility index (Phi) is 3.31. The normalized spacial score (nSPS) is 10.8. The summed E-state index contributed by atoms with van der Waals surface area (Å²) in [5.74, 6) is 0. The lowest BCUT2D eigenvalue weighted by Crippen LogP contribution is -1.86. The summed E-state index contributed by atoms with van der Waals surface area (Å²) in [6.45, 7) is 2.02. The molecule has 0 radical (unpaired) electrons. The number of aromatic nitrogens is 2. The summed E-state index contributed by atoms with van der Waals surface area (Å²) >= 11 is 3.17. The second-order valence-electron chi connectivity index (χ2n) is 4.26. The van der Waals surface area contributed by atoms with Crippen molar-refractivity contribution in [2.45, 2.75) is 13.3 Å². The molecule has 0 aliphatic carbocycles. The lowest BCUT2D eigenvalue weighted by Gasteiger charge is -1.95. The monoisotopic (exact) mass is 287 g/mol. The lowest BCUT2D eigenvalue weighted by molar-refractivity contribution is 1.10. The Morgan fingerprint density at radius 2 is 1.95 bits per heavy atom. The number of benzene rings is 1. The van der Waals surface area contributed by atoms with E-state index >= 15 is 0 Å². The number of thiazole rings is 2. The number of hydrogen-bond acceptors (Lipinski definition) is 5. The third kappa shape index (κ3) is 2.67. The van der Waals surface area contributed by atoms with Crippen LogP contribution in [0.2, 0.25) is 0 Å². The van der Waals surface area contributed by atoms with Gasteiger partial charge in [0.1, 0.15) is 0 Å². The van der Waals surface area contributed by atoms with Crippen molar-refractivity contribution in [1.82, 2.24) is 9.97 Å². The Bertz CT molecular complexity index is 686. The largest absolute Gasteiger partial charge is 0.375 e. The van der Waals surface area contributed by atoms with Crippen LogP contribution in [0.5, 0.6) is 0 Å². The Hall–Kier alpha value is -1.72. The van der Waals surface area contributed by atoms with Gasteiger partial charge in [-0.1, -0.05) is 30.3 Å². The quantitative estimate of drug-likeness (QED) is 0.798. The Balaban J connectivity index is 1.89. The zero-order valence-electron chi connectivity index (χ0n) is 10.5. The second-order valence-corrected chi connectivity index (χ2v) is 6.23. The molecule has 0 unspecified atom stereocenters. The molecule has 0 spiro atoms. The molecule has 0 aliphatic heterocycles. The standard InChI is InChI=1S/C14H13N3S2/c1-9-13(11-8-18-14(15)17-11)19-12(16-9)7-10-5-3-2-4-6-10/h2-6,8H,7H2,1H3,(H2,15,17). The molecule has 3 rings (SSSR count). The zero-order chi connectivity index (χ0) is 13.2. The van der Waals surface area contributed by atoms with E-state index in [1.54, 1.807) is 11.3 Å². The van der Waals surface area contributed by atoms with Crippen molar-refractivity contribution in [3.05, 3.63) is 52.0 Å². The number of nitrogens with two attached hydrogens (primary N) is 1. The first-order chi connectivity index (χ1) is 9.22. The average Bonchev–Trinajstić information content (AvgIpc) is 2.97. The summed E-state index contributed by atoms with van der Waals surface area (Å²) in [5.41, 5.74) is 8.94. The summed E-state index contributed by atoms with van der Waals surface area (Å²) in [7, 11) is 0. The van der Waals surface area contributed by atoms with Crippen LogP contribution in [0.3, 0.4) is 0 Å². The topological polar surface area (TPSA) is 51.8 Å². The van der Waals surface area contributed by atoms with E-state index in [1.165, 1.54) is 16.9 Å². The minimum Gasteiger partial charge on any atom is -0.375 e. The smallest absolute Gasteiger partial charge is 0.180 e. The van der Waals surface area contributed by atoms with E-state index in [1.807, 2.05) is 18.4 Å². The predicted octanol–water partition coefficient (Wildman–Crippen LogP) is 3.75. The summed E-state index contributed by atoms with van der Waals surface area (Å²) in [4.78, 5) is 10.1. The highest BCUT2D eigenvalue weighted by Crippen LogP contribution is 2.32. The van der Waals surface area contributed by atoms with Crippen molar-refractivity contribution in [2.75, 3.05) is 5.73 Å². The molecule has 0 atom stereocenters. The van der Waals surface area contributed by atoms with Gasteiger partial charge >= 0.3 is 0 Å². The molecule has 1 aromatic carbocycles. The minimum atomic E-state index is 0.604. The van der Waals surface area contributed by atoms with Crippen molar-refractivity contribution >= 4 is 27.8 Å². The molecule has 3 nitrogen and oxygen atoms in total. The van der Waals surface area contributed by atoms with Crippen LogP contribution in [0.1, 0.15) is 16.3 Å². The van der Waals surface area contributed by atoms with Crippen LogP contribution in [0, 0.1) is 6.92 Å². The minimum absolute atomic E-state index is 0.604. The number of nitrogen functional groups attached to an aromatic ring is 1. The van der Waals surface area contributed by atoms with Crippen molar-refractivity contribution in [3.8, 4) is 10.6 Å². The molecule has 2 N–H and O–H groups in total. The van der Waals surface area contributed by atoms with Crippen LogP contribution >= 0.6 is 22.7 Å². The van der Waals surface area contributed by atoms with Crippen LogP contribution < -0.4 is 5.73 Å². The van der Waals surface area contributed by atoms with Crippen LogP contribution in [0.15, 0.2) is 35.7 Å². The predicted molar refractivity (Wildman–Crippen MR) is 81.6 cm³/mol. The first-order valence-corrected chi connectivity index (χ1v) is 7.63. The number of aryl methyl sites for hydroxylation is 1. The molecule has 0 fully saturated rings. The molecule has 0 saturated heterocycles. The van der Waals surface area contributed by atoms with E-state index in [2.05, 4.69) is 34.2 Å². The van der Waals surface area contributed by atoms with Crippen LogP contribution in [-0.4, -0.2) is 9.97 Å². The van der Waals surface area contributed by atoms with Gasteiger partial charge in [-0.25, -0.2) is 9.97 Å². The highest BCUT2D eigenvalue weighted by Gasteiger charge is 2.12. The Labute approximate surface area is 119 Å². The highest BCUT2D eigenvalue weighted by molar-refractivity contribution is 7.16. The molecule has 0 amide bonds. The number of rotatable bonds is 3. The van der Waals surface area contributed by atoms with Gasteiger partial charge in [-0.05, 0) is 12.5 Å². The van der Waals surface area contributed by atoms with E-state index in [0.717, 1.165) is 27.7 Å². The van der Waals surface area contributed by atoms with Gasteiger partial charge in [0.05, 0.1) is 21.3 Å². The van der Waals surface area contributed by atoms with Gasteiger partial charge in [-0.15, -0.1) is 22.7 Å². The first kappa shape index (κ1) is 12.3.